The van der Waals surface area contributed by atoms with E-state index >= 15 is 0 Å². The predicted octanol–water partition coefficient (Wildman–Crippen LogP) is 3.31. The van der Waals surface area contributed by atoms with Crippen molar-refractivity contribution in [1.82, 2.24) is 24.3 Å². The molecule has 8 heteroatoms. The topological polar surface area (TPSA) is 83.3 Å². The van der Waals surface area contributed by atoms with E-state index in [2.05, 4.69) is 28.2 Å². The maximum atomic E-state index is 6.21. The van der Waals surface area contributed by atoms with E-state index in [9.17, 15) is 0 Å². The van der Waals surface area contributed by atoms with Gasteiger partial charge in [-0.3, -0.25) is 0 Å². The van der Waals surface area contributed by atoms with Gasteiger partial charge in [0.2, 0.25) is 5.16 Å². The van der Waals surface area contributed by atoms with Crippen molar-refractivity contribution in [2.75, 3.05) is 12.4 Å². The first-order valence-corrected chi connectivity index (χ1v) is 9.64. The first kappa shape index (κ1) is 17.4. The minimum Gasteiger partial charge on any atom is -0.494 e. The van der Waals surface area contributed by atoms with Crippen molar-refractivity contribution in [1.29, 1.82) is 0 Å². The van der Waals surface area contributed by atoms with Crippen molar-refractivity contribution in [3.63, 3.8) is 0 Å². The monoisotopic (exact) mass is 380 g/mol. The molecule has 0 aliphatic carbocycles. The first-order valence-electron chi connectivity index (χ1n) is 8.65. The molecule has 0 radical (unpaired) electrons. The SMILES string of the molecule is CCOc1ccc(-c2nnc(SCc3cn4cccc(C)c4n3)n2N)cc1. The Labute approximate surface area is 161 Å². The van der Waals surface area contributed by atoms with E-state index in [1.807, 2.05) is 54.0 Å². The summed E-state index contributed by atoms with van der Waals surface area (Å²) in [5.74, 6) is 8.31. The smallest absolute Gasteiger partial charge is 0.210 e. The second kappa shape index (κ2) is 7.32. The van der Waals surface area contributed by atoms with Gasteiger partial charge in [0.1, 0.15) is 11.4 Å². The van der Waals surface area contributed by atoms with E-state index in [4.69, 9.17) is 10.6 Å². The molecule has 4 rings (SSSR count). The average Bonchev–Trinajstić information content (AvgIpc) is 3.25. The fraction of sp³-hybridized carbons (Fsp3) is 0.211. The van der Waals surface area contributed by atoms with Crippen molar-refractivity contribution in [3.8, 4) is 17.1 Å². The number of benzene rings is 1. The van der Waals surface area contributed by atoms with E-state index in [1.165, 1.54) is 16.4 Å². The van der Waals surface area contributed by atoms with Crippen molar-refractivity contribution in [2.24, 2.45) is 0 Å². The minimum atomic E-state index is 0.617. The van der Waals surface area contributed by atoms with E-state index in [0.717, 1.165) is 28.2 Å². The largest absolute Gasteiger partial charge is 0.494 e. The van der Waals surface area contributed by atoms with Gasteiger partial charge < -0.3 is 15.0 Å². The standard InChI is InChI=1S/C19H20N6OS/c1-3-26-16-8-6-14(7-9-16)18-22-23-19(25(18)20)27-12-15-11-24-10-4-5-13(2)17(24)21-15/h4-11H,3,12,20H2,1-2H3. The van der Waals surface area contributed by atoms with Crippen LogP contribution < -0.4 is 10.6 Å². The number of nitrogens with zero attached hydrogens (tertiary/aromatic N) is 5. The molecule has 0 saturated carbocycles. The van der Waals surface area contributed by atoms with Crippen LogP contribution in [0.4, 0.5) is 0 Å². The number of aryl methyl sites for hydroxylation is 1. The van der Waals surface area contributed by atoms with Gasteiger partial charge in [0, 0.05) is 23.7 Å². The van der Waals surface area contributed by atoms with E-state index in [-0.39, 0.29) is 0 Å². The second-order valence-corrected chi connectivity index (χ2v) is 7.02. The number of nitrogen functional groups attached to an aromatic ring is 1. The van der Waals surface area contributed by atoms with Gasteiger partial charge in [0.25, 0.3) is 0 Å². The zero-order valence-electron chi connectivity index (χ0n) is 15.2. The molecule has 3 aromatic heterocycles. The van der Waals surface area contributed by atoms with Crippen LogP contribution in [0.3, 0.4) is 0 Å². The van der Waals surface area contributed by atoms with Crippen LogP contribution in [0.5, 0.6) is 5.75 Å². The quantitative estimate of drug-likeness (QED) is 0.408. The molecule has 0 fully saturated rings. The Kier molecular flexibility index (Phi) is 4.72. The van der Waals surface area contributed by atoms with Gasteiger partial charge in [0.05, 0.1) is 12.3 Å². The van der Waals surface area contributed by atoms with Crippen LogP contribution in [0.15, 0.2) is 53.9 Å². The van der Waals surface area contributed by atoms with Crippen LogP contribution in [-0.4, -0.2) is 30.9 Å². The molecule has 27 heavy (non-hydrogen) atoms. The third-order valence-electron chi connectivity index (χ3n) is 4.16. The molecule has 0 amide bonds. The highest BCUT2D eigenvalue weighted by Crippen LogP contribution is 2.25. The van der Waals surface area contributed by atoms with E-state index < -0.39 is 0 Å². The summed E-state index contributed by atoms with van der Waals surface area (Å²) in [5, 5.41) is 9.10. The van der Waals surface area contributed by atoms with E-state index in [1.54, 1.807) is 0 Å². The molecule has 0 atom stereocenters. The Morgan fingerprint density at radius 2 is 1.96 bits per heavy atom. The lowest BCUT2D eigenvalue weighted by Gasteiger charge is -2.05. The number of imidazole rings is 1. The number of rotatable bonds is 6. The molecule has 0 aliphatic rings. The minimum absolute atomic E-state index is 0.617. The summed E-state index contributed by atoms with van der Waals surface area (Å²) < 4.78 is 9.01. The third-order valence-corrected chi connectivity index (χ3v) is 5.14. The van der Waals surface area contributed by atoms with Gasteiger partial charge in [-0.25, -0.2) is 9.66 Å². The normalized spacial score (nSPS) is 11.2. The summed E-state index contributed by atoms with van der Waals surface area (Å²) in [4.78, 5) is 4.68. The van der Waals surface area contributed by atoms with Crippen molar-refractivity contribution in [3.05, 3.63) is 60.0 Å². The highest BCUT2D eigenvalue weighted by Gasteiger charge is 2.13. The summed E-state index contributed by atoms with van der Waals surface area (Å²) in [7, 11) is 0. The third kappa shape index (κ3) is 3.48. The van der Waals surface area contributed by atoms with Gasteiger partial charge in [0.15, 0.2) is 5.82 Å². The predicted molar refractivity (Wildman–Crippen MR) is 106 cm³/mol. The number of aromatic nitrogens is 5. The van der Waals surface area contributed by atoms with Crippen LogP contribution in [0.1, 0.15) is 18.2 Å². The lowest BCUT2D eigenvalue weighted by Crippen LogP contribution is -2.11. The molecule has 2 N–H and O–H groups in total. The molecular weight excluding hydrogens is 360 g/mol. The molecular formula is C19H20N6OS. The van der Waals surface area contributed by atoms with Gasteiger partial charge in [-0.15, -0.1) is 10.2 Å². The summed E-state index contributed by atoms with van der Waals surface area (Å²) in [6.45, 7) is 4.65. The van der Waals surface area contributed by atoms with Gasteiger partial charge in [-0.1, -0.05) is 17.8 Å². The molecule has 1 aromatic carbocycles. The molecule has 3 heterocycles. The number of thioether (sulfide) groups is 1. The Balaban J connectivity index is 1.50. The molecule has 0 bridgehead atoms. The second-order valence-electron chi connectivity index (χ2n) is 6.08. The average molecular weight is 380 g/mol. The number of fused-ring (bicyclic) bond motifs is 1. The van der Waals surface area contributed by atoms with Crippen LogP contribution in [0, 0.1) is 6.92 Å². The molecule has 0 saturated heterocycles. The number of ether oxygens (including phenoxy) is 1. The summed E-state index contributed by atoms with van der Waals surface area (Å²) in [6.07, 6.45) is 4.03. The Morgan fingerprint density at radius 3 is 2.70 bits per heavy atom. The fourth-order valence-electron chi connectivity index (χ4n) is 2.85. The van der Waals surface area contributed by atoms with E-state index in [0.29, 0.717) is 23.3 Å². The lowest BCUT2D eigenvalue weighted by molar-refractivity contribution is 0.340. The Morgan fingerprint density at radius 1 is 1.15 bits per heavy atom. The first-order chi connectivity index (χ1) is 13.2. The van der Waals surface area contributed by atoms with Gasteiger partial charge in [-0.05, 0) is 49.7 Å². The maximum Gasteiger partial charge on any atom is 0.210 e. The van der Waals surface area contributed by atoms with Gasteiger partial charge in [-0.2, -0.15) is 0 Å². The lowest BCUT2D eigenvalue weighted by atomic mass is 10.2. The molecule has 0 spiro atoms. The van der Waals surface area contributed by atoms with Crippen LogP contribution in [0.2, 0.25) is 0 Å². The molecule has 0 unspecified atom stereocenters. The van der Waals surface area contributed by atoms with Crippen LogP contribution >= 0.6 is 11.8 Å². The highest BCUT2D eigenvalue weighted by atomic mass is 32.2. The molecule has 0 aliphatic heterocycles. The Bertz CT molecular complexity index is 1070. The fourth-order valence-corrected chi connectivity index (χ4v) is 3.59. The molecule has 4 aromatic rings. The van der Waals surface area contributed by atoms with Crippen molar-refractivity contribution < 1.29 is 4.74 Å². The van der Waals surface area contributed by atoms with Crippen LogP contribution in [-0.2, 0) is 5.75 Å². The summed E-state index contributed by atoms with van der Waals surface area (Å²) >= 11 is 1.51. The highest BCUT2D eigenvalue weighted by molar-refractivity contribution is 7.98. The van der Waals surface area contributed by atoms with Crippen molar-refractivity contribution >= 4 is 17.4 Å². The molecule has 138 valence electrons. The maximum absolute atomic E-state index is 6.21. The number of hydrogen-bond acceptors (Lipinski definition) is 6. The summed E-state index contributed by atoms with van der Waals surface area (Å²) in [6, 6.07) is 11.7. The van der Waals surface area contributed by atoms with Crippen molar-refractivity contribution in [2.45, 2.75) is 24.8 Å². The number of nitrogens with two attached hydrogens (primary N) is 1. The summed E-state index contributed by atoms with van der Waals surface area (Å²) in [5.41, 5.74) is 3.98. The zero-order chi connectivity index (χ0) is 18.8. The number of pyridine rings is 1. The number of hydrogen-bond donors (Lipinski definition) is 1. The van der Waals surface area contributed by atoms with Gasteiger partial charge >= 0.3 is 0 Å². The van der Waals surface area contributed by atoms with Crippen LogP contribution in [0.25, 0.3) is 17.0 Å². The zero-order valence-corrected chi connectivity index (χ0v) is 16.0. The Hall–Kier alpha value is -3.00. The molecule has 7 nitrogen and oxygen atoms in total.